The molecule has 0 aromatic carbocycles. The molecule has 0 aliphatic carbocycles. The summed E-state index contributed by atoms with van der Waals surface area (Å²) in [5, 5.41) is 20.0. The highest BCUT2D eigenvalue weighted by Crippen LogP contribution is 2.30. The van der Waals surface area contributed by atoms with Gasteiger partial charge in [0.25, 0.3) is 0 Å². The summed E-state index contributed by atoms with van der Waals surface area (Å²) in [6.07, 6.45) is 0. The van der Waals surface area contributed by atoms with E-state index in [0.29, 0.717) is 13.1 Å². The van der Waals surface area contributed by atoms with Crippen LogP contribution in [0.15, 0.2) is 0 Å². The van der Waals surface area contributed by atoms with Crippen molar-refractivity contribution in [2.45, 2.75) is 12.2 Å². The van der Waals surface area contributed by atoms with Gasteiger partial charge in [0.15, 0.2) is 0 Å². The van der Waals surface area contributed by atoms with Crippen molar-refractivity contribution in [1.82, 2.24) is 5.32 Å². The minimum absolute atomic E-state index is 0.278. The van der Waals surface area contributed by atoms with Crippen LogP contribution >= 0.6 is 0 Å². The Bertz CT molecular complexity index is 92.0. The van der Waals surface area contributed by atoms with E-state index in [2.05, 4.69) is 5.32 Å². The van der Waals surface area contributed by atoms with Crippen LogP contribution in [0.25, 0.3) is 0 Å². The standard InChI is InChI=1S/C4H10BNO2/c1-4(5(7)8)2-6-3-4/h6-8H,2-3H2,1H3. The molecule has 0 amide bonds. The quantitative estimate of drug-likeness (QED) is 0.377. The van der Waals surface area contributed by atoms with Crippen LogP contribution in [-0.2, 0) is 0 Å². The van der Waals surface area contributed by atoms with Crippen molar-refractivity contribution in [2.75, 3.05) is 13.1 Å². The van der Waals surface area contributed by atoms with Crippen molar-refractivity contribution in [3.05, 3.63) is 0 Å². The summed E-state index contributed by atoms with van der Waals surface area (Å²) in [4.78, 5) is 0. The van der Waals surface area contributed by atoms with Crippen LogP contribution in [0.5, 0.6) is 0 Å². The van der Waals surface area contributed by atoms with E-state index in [1.54, 1.807) is 0 Å². The van der Waals surface area contributed by atoms with Crippen LogP contribution in [0, 0.1) is 0 Å². The number of rotatable bonds is 1. The Morgan fingerprint density at radius 1 is 1.50 bits per heavy atom. The van der Waals surface area contributed by atoms with Crippen LogP contribution in [0.2, 0.25) is 5.31 Å². The Labute approximate surface area is 48.9 Å². The summed E-state index contributed by atoms with van der Waals surface area (Å²) in [6.45, 7) is 3.27. The first-order valence-corrected chi connectivity index (χ1v) is 2.72. The van der Waals surface area contributed by atoms with Gasteiger partial charge in [-0.1, -0.05) is 6.92 Å². The van der Waals surface area contributed by atoms with E-state index in [0.717, 1.165) is 0 Å². The number of hydrogen-bond acceptors (Lipinski definition) is 3. The molecule has 3 nitrogen and oxygen atoms in total. The Balaban J connectivity index is 2.41. The average molecular weight is 115 g/mol. The van der Waals surface area contributed by atoms with Gasteiger partial charge in [-0.15, -0.1) is 0 Å². The van der Waals surface area contributed by atoms with Crippen LogP contribution in [0.3, 0.4) is 0 Å². The van der Waals surface area contributed by atoms with Crippen molar-refractivity contribution in [3.63, 3.8) is 0 Å². The summed E-state index contributed by atoms with van der Waals surface area (Å²) >= 11 is 0. The average Bonchev–Trinajstić information content (AvgIpc) is 1.60. The van der Waals surface area contributed by atoms with E-state index in [1.807, 2.05) is 6.92 Å². The van der Waals surface area contributed by atoms with Gasteiger partial charge in [-0.3, -0.25) is 0 Å². The Hall–Kier alpha value is -0.0551. The van der Waals surface area contributed by atoms with Gasteiger partial charge < -0.3 is 15.4 Å². The molecule has 1 saturated heterocycles. The fourth-order valence-electron chi connectivity index (χ4n) is 0.702. The van der Waals surface area contributed by atoms with Gasteiger partial charge in [-0.2, -0.15) is 0 Å². The Morgan fingerprint density at radius 2 is 2.00 bits per heavy atom. The molecule has 0 radical (unpaired) electrons. The minimum Gasteiger partial charge on any atom is -0.427 e. The van der Waals surface area contributed by atoms with Crippen LogP contribution in [0.1, 0.15) is 6.92 Å². The van der Waals surface area contributed by atoms with Gasteiger partial charge in [0.1, 0.15) is 0 Å². The van der Waals surface area contributed by atoms with Gasteiger partial charge in [0, 0.05) is 18.4 Å². The highest BCUT2D eigenvalue weighted by molar-refractivity contribution is 6.46. The van der Waals surface area contributed by atoms with E-state index in [9.17, 15) is 0 Å². The third kappa shape index (κ3) is 0.748. The van der Waals surface area contributed by atoms with E-state index >= 15 is 0 Å². The molecule has 46 valence electrons. The molecule has 1 aliphatic heterocycles. The molecule has 1 heterocycles. The summed E-state index contributed by atoms with van der Waals surface area (Å²) < 4.78 is 0. The van der Waals surface area contributed by atoms with Crippen LogP contribution in [0.4, 0.5) is 0 Å². The number of hydrogen-bond donors (Lipinski definition) is 3. The van der Waals surface area contributed by atoms with Gasteiger partial charge in [0.05, 0.1) is 0 Å². The van der Waals surface area contributed by atoms with Gasteiger partial charge in [-0.25, -0.2) is 0 Å². The third-order valence-electron chi connectivity index (χ3n) is 1.68. The molecule has 1 fully saturated rings. The maximum atomic E-state index is 8.65. The van der Waals surface area contributed by atoms with Crippen molar-refractivity contribution in [3.8, 4) is 0 Å². The smallest absolute Gasteiger partial charge is 0.427 e. The van der Waals surface area contributed by atoms with E-state index in [4.69, 9.17) is 10.0 Å². The molecular formula is C4H10BNO2. The Kier molecular flexibility index (Phi) is 1.31. The summed E-state index contributed by atoms with van der Waals surface area (Å²) in [7, 11) is -1.16. The molecule has 3 N–H and O–H groups in total. The summed E-state index contributed by atoms with van der Waals surface area (Å²) in [6, 6.07) is 0. The van der Waals surface area contributed by atoms with Gasteiger partial charge in [0.2, 0.25) is 0 Å². The lowest BCUT2D eigenvalue weighted by Crippen LogP contribution is -2.54. The van der Waals surface area contributed by atoms with E-state index in [-0.39, 0.29) is 5.31 Å². The summed E-state index contributed by atoms with van der Waals surface area (Å²) in [5.74, 6) is 0. The lowest BCUT2D eigenvalue weighted by atomic mass is 9.55. The van der Waals surface area contributed by atoms with Gasteiger partial charge >= 0.3 is 7.12 Å². The minimum atomic E-state index is -1.16. The SMILES string of the molecule is CC1(B(O)O)CNC1. The third-order valence-corrected chi connectivity index (χ3v) is 1.68. The first kappa shape index (κ1) is 6.07. The predicted octanol–water partition coefficient (Wildman–Crippen LogP) is -1.18. The fraction of sp³-hybridized carbons (Fsp3) is 1.00. The lowest BCUT2D eigenvalue weighted by molar-refractivity contribution is 0.280. The van der Waals surface area contributed by atoms with Crippen molar-refractivity contribution in [1.29, 1.82) is 0 Å². The molecule has 1 aliphatic rings. The molecule has 0 spiro atoms. The van der Waals surface area contributed by atoms with E-state index in [1.165, 1.54) is 0 Å². The molecule has 0 saturated carbocycles. The Morgan fingerprint density at radius 3 is 2.00 bits per heavy atom. The lowest BCUT2D eigenvalue weighted by Gasteiger charge is -2.38. The van der Waals surface area contributed by atoms with E-state index < -0.39 is 7.12 Å². The molecule has 4 heteroatoms. The zero-order chi connectivity index (χ0) is 6.20. The van der Waals surface area contributed by atoms with Gasteiger partial charge in [-0.05, 0) is 0 Å². The second kappa shape index (κ2) is 1.72. The molecular weight excluding hydrogens is 105 g/mol. The largest absolute Gasteiger partial charge is 0.460 e. The molecule has 0 bridgehead atoms. The molecule has 0 unspecified atom stereocenters. The maximum absolute atomic E-state index is 8.65. The molecule has 0 aromatic rings. The number of nitrogens with one attached hydrogen (secondary N) is 1. The molecule has 8 heavy (non-hydrogen) atoms. The normalized spacial score (nSPS) is 24.4. The first-order valence-electron chi connectivity index (χ1n) is 2.72. The monoisotopic (exact) mass is 115 g/mol. The summed E-state index contributed by atoms with van der Waals surface area (Å²) in [5.41, 5.74) is 0. The van der Waals surface area contributed by atoms with Crippen molar-refractivity contribution < 1.29 is 10.0 Å². The second-order valence-electron chi connectivity index (χ2n) is 2.63. The molecule has 0 aromatic heterocycles. The highest BCUT2D eigenvalue weighted by atomic mass is 16.4. The maximum Gasteiger partial charge on any atom is 0.460 e. The van der Waals surface area contributed by atoms with Crippen molar-refractivity contribution in [2.24, 2.45) is 0 Å². The predicted molar refractivity (Wildman–Crippen MR) is 31.4 cm³/mol. The zero-order valence-electron chi connectivity index (χ0n) is 4.89. The second-order valence-corrected chi connectivity index (χ2v) is 2.63. The first-order chi connectivity index (χ1) is 3.65. The topological polar surface area (TPSA) is 52.5 Å². The van der Waals surface area contributed by atoms with Crippen molar-refractivity contribution >= 4 is 7.12 Å². The van der Waals surface area contributed by atoms with Crippen LogP contribution in [-0.4, -0.2) is 30.3 Å². The molecule has 0 atom stereocenters. The van der Waals surface area contributed by atoms with Crippen LogP contribution < -0.4 is 5.32 Å². The fourth-order valence-corrected chi connectivity index (χ4v) is 0.702. The molecule has 1 rings (SSSR count). The zero-order valence-corrected chi connectivity index (χ0v) is 4.89. The highest BCUT2D eigenvalue weighted by Gasteiger charge is 2.42.